The number of benzene rings is 1. The third-order valence-electron chi connectivity index (χ3n) is 3.23. The predicted molar refractivity (Wildman–Crippen MR) is 79.2 cm³/mol. The molecule has 0 amide bonds. The number of hydrogen-bond acceptors (Lipinski definition) is 3. The molecule has 0 saturated carbocycles. The van der Waals surface area contributed by atoms with Crippen LogP contribution in [0, 0.1) is 6.92 Å². The van der Waals surface area contributed by atoms with Crippen LogP contribution in [0.3, 0.4) is 0 Å². The molecule has 108 valence electrons. The Morgan fingerprint density at radius 2 is 1.84 bits per heavy atom. The van der Waals surface area contributed by atoms with Crippen LogP contribution < -0.4 is 5.73 Å². The maximum atomic E-state index is 6.19. The zero-order chi connectivity index (χ0) is 14.1. The van der Waals surface area contributed by atoms with Gasteiger partial charge in [0.1, 0.15) is 0 Å². The van der Waals surface area contributed by atoms with Crippen LogP contribution in [0.25, 0.3) is 0 Å². The fourth-order valence-corrected chi connectivity index (χ4v) is 2.04. The molecule has 2 atom stereocenters. The second kappa shape index (κ2) is 9.08. The normalized spacial score (nSPS) is 14.3. The first-order valence-electron chi connectivity index (χ1n) is 7.21. The Balaban J connectivity index is 2.60. The summed E-state index contributed by atoms with van der Waals surface area (Å²) >= 11 is 0. The Labute approximate surface area is 117 Å². The fraction of sp³-hybridized carbons (Fsp3) is 0.625. The SMILES string of the molecule is CCCOCCOC(c1ccccc1C)C(N)CC. The van der Waals surface area contributed by atoms with Gasteiger partial charge in [-0.3, -0.25) is 0 Å². The molecule has 0 saturated heterocycles. The van der Waals surface area contributed by atoms with Crippen LogP contribution in [0.1, 0.15) is 43.9 Å². The lowest BCUT2D eigenvalue weighted by atomic mass is 9.97. The van der Waals surface area contributed by atoms with E-state index in [2.05, 4.69) is 32.9 Å². The van der Waals surface area contributed by atoms with E-state index in [1.807, 2.05) is 12.1 Å². The molecule has 0 spiro atoms. The number of hydrogen-bond donors (Lipinski definition) is 1. The number of rotatable bonds is 9. The third-order valence-corrected chi connectivity index (χ3v) is 3.23. The molecule has 0 bridgehead atoms. The van der Waals surface area contributed by atoms with Crippen LogP contribution in [0.4, 0.5) is 0 Å². The van der Waals surface area contributed by atoms with Crippen molar-refractivity contribution in [2.24, 2.45) is 5.73 Å². The quantitative estimate of drug-likeness (QED) is 0.697. The van der Waals surface area contributed by atoms with Crippen LogP contribution >= 0.6 is 0 Å². The van der Waals surface area contributed by atoms with Gasteiger partial charge in [0.15, 0.2) is 0 Å². The average Bonchev–Trinajstić information content (AvgIpc) is 2.43. The monoisotopic (exact) mass is 265 g/mol. The van der Waals surface area contributed by atoms with Gasteiger partial charge in [-0.05, 0) is 30.9 Å². The van der Waals surface area contributed by atoms with Gasteiger partial charge in [0.05, 0.1) is 19.3 Å². The molecular weight excluding hydrogens is 238 g/mol. The summed E-state index contributed by atoms with van der Waals surface area (Å²) in [7, 11) is 0. The highest BCUT2D eigenvalue weighted by Gasteiger charge is 2.20. The zero-order valence-electron chi connectivity index (χ0n) is 12.4. The topological polar surface area (TPSA) is 44.5 Å². The maximum Gasteiger partial charge on any atom is 0.0979 e. The smallest absolute Gasteiger partial charge is 0.0979 e. The van der Waals surface area contributed by atoms with E-state index in [1.165, 1.54) is 11.1 Å². The third kappa shape index (κ3) is 5.31. The Morgan fingerprint density at radius 3 is 2.47 bits per heavy atom. The van der Waals surface area contributed by atoms with Gasteiger partial charge in [-0.25, -0.2) is 0 Å². The van der Waals surface area contributed by atoms with E-state index in [4.69, 9.17) is 15.2 Å². The Kier molecular flexibility index (Phi) is 7.72. The summed E-state index contributed by atoms with van der Waals surface area (Å²) in [6.45, 7) is 8.30. The first-order valence-corrected chi connectivity index (χ1v) is 7.21. The molecule has 0 radical (unpaired) electrons. The lowest BCUT2D eigenvalue weighted by Crippen LogP contribution is -2.31. The molecule has 0 fully saturated rings. The van der Waals surface area contributed by atoms with Crippen molar-refractivity contribution < 1.29 is 9.47 Å². The van der Waals surface area contributed by atoms with Gasteiger partial charge in [-0.1, -0.05) is 38.1 Å². The lowest BCUT2D eigenvalue weighted by molar-refractivity contribution is -0.00792. The van der Waals surface area contributed by atoms with E-state index >= 15 is 0 Å². The summed E-state index contributed by atoms with van der Waals surface area (Å²) < 4.78 is 11.4. The summed E-state index contributed by atoms with van der Waals surface area (Å²) in [4.78, 5) is 0. The largest absolute Gasteiger partial charge is 0.379 e. The van der Waals surface area contributed by atoms with E-state index in [0.29, 0.717) is 13.2 Å². The molecule has 1 aromatic carbocycles. The lowest BCUT2D eigenvalue weighted by Gasteiger charge is -2.25. The number of nitrogens with two attached hydrogens (primary N) is 1. The molecule has 19 heavy (non-hydrogen) atoms. The summed E-state index contributed by atoms with van der Waals surface area (Å²) in [5.41, 5.74) is 8.61. The van der Waals surface area contributed by atoms with E-state index in [9.17, 15) is 0 Å². The number of ether oxygens (including phenoxy) is 2. The van der Waals surface area contributed by atoms with Crippen molar-refractivity contribution in [2.75, 3.05) is 19.8 Å². The van der Waals surface area contributed by atoms with Gasteiger partial charge in [-0.15, -0.1) is 0 Å². The van der Waals surface area contributed by atoms with Crippen LogP contribution in [0.15, 0.2) is 24.3 Å². The van der Waals surface area contributed by atoms with Crippen LogP contribution in [0.5, 0.6) is 0 Å². The van der Waals surface area contributed by atoms with Gasteiger partial charge in [0, 0.05) is 12.6 Å². The summed E-state index contributed by atoms with van der Waals surface area (Å²) in [6, 6.07) is 8.29. The Morgan fingerprint density at radius 1 is 1.11 bits per heavy atom. The highest BCUT2D eigenvalue weighted by molar-refractivity contribution is 5.28. The molecule has 3 heteroatoms. The van der Waals surface area contributed by atoms with Gasteiger partial charge in [0.25, 0.3) is 0 Å². The summed E-state index contributed by atoms with van der Waals surface area (Å²) in [5, 5.41) is 0. The minimum absolute atomic E-state index is 0.0206. The van der Waals surface area contributed by atoms with Crippen molar-refractivity contribution in [2.45, 2.75) is 45.8 Å². The fourth-order valence-electron chi connectivity index (χ4n) is 2.04. The van der Waals surface area contributed by atoms with Crippen LogP contribution in [0.2, 0.25) is 0 Å². The van der Waals surface area contributed by atoms with Gasteiger partial charge < -0.3 is 15.2 Å². The van der Waals surface area contributed by atoms with Gasteiger partial charge >= 0.3 is 0 Å². The Bertz CT molecular complexity index is 354. The molecule has 0 aliphatic heterocycles. The molecule has 1 rings (SSSR count). The van der Waals surface area contributed by atoms with Crippen LogP contribution in [-0.4, -0.2) is 25.9 Å². The first-order chi connectivity index (χ1) is 9.20. The van der Waals surface area contributed by atoms with E-state index in [1.54, 1.807) is 0 Å². The average molecular weight is 265 g/mol. The molecule has 2 unspecified atom stereocenters. The zero-order valence-corrected chi connectivity index (χ0v) is 12.4. The summed E-state index contributed by atoms with van der Waals surface area (Å²) in [6.07, 6.45) is 1.89. The Hall–Kier alpha value is -0.900. The predicted octanol–water partition coefficient (Wildman–Crippen LogP) is 3.22. The molecule has 3 nitrogen and oxygen atoms in total. The molecule has 0 aliphatic rings. The first kappa shape index (κ1) is 16.2. The molecule has 0 aromatic heterocycles. The molecule has 0 heterocycles. The van der Waals surface area contributed by atoms with Gasteiger partial charge in [-0.2, -0.15) is 0 Å². The highest BCUT2D eigenvalue weighted by Crippen LogP contribution is 2.24. The van der Waals surface area contributed by atoms with Crippen molar-refractivity contribution in [3.8, 4) is 0 Å². The molecule has 2 N–H and O–H groups in total. The van der Waals surface area contributed by atoms with Crippen LogP contribution in [-0.2, 0) is 9.47 Å². The standard InChI is InChI=1S/C16H27NO2/c1-4-10-18-11-12-19-16(15(17)5-2)14-9-7-6-8-13(14)3/h6-9,15-16H,4-5,10-12,17H2,1-3H3. The maximum absolute atomic E-state index is 6.19. The summed E-state index contributed by atoms with van der Waals surface area (Å²) in [5.74, 6) is 0. The molecule has 0 aliphatic carbocycles. The van der Waals surface area contributed by atoms with Crippen molar-refractivity contribution >= 4 is 0 Å². The van der Waals surface area contributed by atoms with E-state index < -0.39 is 0 Å². The highest BCUT2D eigenvalue weighted by atomic mass is 16.5. The van der Waals surface area contributed by atoms with Crippen molar-refractivity contribution in [3.05, 3.63) is 35.4 Å². The minimum Gasteiger partial charge on any atom is -0.379 e. The second-order valence-electron chi connectivity index (χ2n) is 4.83. The van der Waals surface area contributed by atoms with Crippen molar-refractivity contribution in [1.29, 1.82) is 0 Å². The van der Waals surface area contributed by atoms with Gasteiger partial charge in [0.2, 0.25) is 0 Å². The van der Waals surface area contributed by atoms with E-state index in [0.717, 1.165) is 19.4 Å². The van der Waals surface area contributed by atoms with E-state index in [-0.39, 0.29) is 12.1 Å². The second-order valence-corrected chi connectivity index (χ2v) is 4.83. The minimum atomic E-state index is -0.0450. The van der Waals surface area contributed by atoms with Crippen molar-refractivity contribution in [1.82, 2.24) is 0 Å². The molecular formula is C16H27NO2. The molecule has 1 aromatic rings. The number of aryl methyl sites for hydroxylation is 1. The van der Waals surface area contributed by atoms with Crippen molar-refractivity contribution in [3.63, 3.8) is 0 Å².